The van der Waals surface area contributed by atoms with Crippen LogP contribution in [0.2, 0.25) is 0 Å². The molecule has 0 radical (unpaired) electrons. The molecule has 1 aromatic rings. The number of cyclic esters (lactones) is 1. The molecule has 1 amide bonds. The van der Waals surface area contributed by atoms with Gasteiger partial charge in [0.2, 0.25) is 0 Å². The fourth-order valence-electron chi connectivity index (χ4n) is 2.19. The summed E-state index contributed by atoms with van der Waals surface area (Å²) in [4.78, 5) is 24.9. The minimum atomic E-state index is -0.403. The summed E-state index contributed by atoms with van der Waals surface area (Å²) < 4.78 is 15.0. The molecule has 0 aliphatic carbocycles. The van der Waals surface area contributed by atoms with Crippen LogP contribution in [-0.2, 0) is 20.8 Å². The first-order chi connectivity index (χ1) is 10.1. The van der Waals surface area contributed by atoms with Crippen molar-refractivity contribution in [3.05, 3.63) is 29.8 Å². The Kier molecular flexibility index (Phi) is 5.03. The van der Waals surface area contributed by atoms with Crippen LogP contribution < -0.4 is 4.74 Å². The zero-order valence-corrected chi connectivity index (χ0v) is 12.2. The number of methoxy groups -OCH3 is 1. The van der Waals surface area contributed by atoms with Crippen molar-refractivity contribution in [3.8, 4) is 5.75 Å². The molecule has 0 bridgehead atoms. The van der Waals surface area contributed by atoms with E-state index in [1.807, 2.05) is 24.3 Å². The Morgan fingerprint density at radius 1 is 1.38 bits per heavy atom. The summed E-state index contributed by atoms with van der Waals surface area (Å²) in [6.45, 7) is 2.70. The Morgan fingerprint density at radius 2 is 2.10 bits per heavy atom. The molecular weight excluding hydrogens is 274 g/mol. The van der Waals surface area contributed by atoms with E-state index in [9.17, 15) is 9.59 Å². The first kappa shape index (κ1) is 15.2. The number of amides is 1. The summed E-state index contributed by atoms with van der Waals surface area (Å²) in [6.07, 6.45) is -0.254. The number of hydrogen-bond donors (Lipinski definition) is 0. The Labute approximate surface area is 123 Å². The SMILES string of the molecule is CCOC(=O)CC1COC(=O)N1Cc1ccc(OC)cc1. The van der Waals surface area contributed by atoms with Gasteiger partial charge in [0.1, 0.15) is 12.4 Å². The molecule has 0 saturated carbocycles. The van der Waals surface area contributed by atoms with Gasteiger partial charge in [-0.2, -0.15) is 0 Å². The van der Waals surface area contributed by atoms with E-state index >= 15 is 0 Å². The normalized spacial score (nSPS) is 17.5. The highest BCUT2D eigenvalue weighted by molar-refractivity contribution is 5.74. The van der Waals surface area contributed by atoms with Crippen molar-refractivity contribution in [1.82, 2.24) is 4.90 Å². The summed E-state index contributed by atoms with van der Waals surface area (Å²) in [5, 5.41) is 0. The number of hydrogen-bond acceptors (Lipinski definition) is 5. The molecule has 114 valence electrons. The van der Waals surface area contributed by atoms with E-state index in [2.05, 4.69) is 0 Å². The number of nitrogens with zero attached hydrogens (tertiary/aromatic N) is 1. The quantitative estimate of drug-likeness (QED) is 0.750. The minimum Gasteiger partial charge on any atom is -0.497 e. The fraction of sp³-hybridized carbons (Fsp3) is 0.467. The number of benzene rings is 1. The van der Waals surface area contributed by atoms with Gasteiger partial charge in [0.15, 0.2) is 0 Å². The molecule has 1 aromatic carbocycles. The van der Waals surface area contributed by atoms with Gasteiger partial charge >= 0.3 is 12.1 Å². The molecular formula is C15H19NO5. The number of carbonyl (C=O) groups is 2. The molecule has 0 spiro atoms. The molecule has 6 heteroatoms. The maximum absolute atomic E-state index is 11.8. The third kappa shape index (κ3) is 3.87. The van der Waals surface area contributed by atoms with Gasteiger partial charge in [-0.05, 0) is 24.6 Å². The lowest BCUT2D eigenvalue weighted by molar-refractivity contribution is -0.144. The summed E-state index contributed by atoms with van der Waals surface area (Å²) in [5.74, 6) is 0.436. The van der Waals surface area contributed by atoms with Crippen molar-refractivity contribution in [1.29, 1.82) is 0 Å². The summed E-state index contributed by atoms with van der Waals surface area (Å²) in [6, 6.07) is 7.14. The van der Waals surface area contributed by atoms with Gasteiger partial charge in [-0.3, -0.25) is 9.69 Å². The lowest BCUT2D eigenvalue weighted by Crippen LogP contribution is -2.35. The van der Waals surface area contributed by atoms with Gasteiger partial charge in [0.25, 0.3) is 0 Å². The lowest BCUT2D eigenvalue weighted by Gasteiger charge is -2.20. The van der Waals surface area contributed by atoms with Gasteiger partial charge in [0, 0.05) is 6.54 Å². The number of carbonyl (C=O) groups excluding carboxylic acids is 2. The number of rotatable bonds is 6. The van der Waals surface area contributed by atoms with E-state index in [0.717, 1.165) is 11.3 Å². The monoisotopic (exact) mass is 293 g/mol. The standard InChI is InChI=1S/C15H19NO5/c1-3-20-14(17)8-12-10-21-15(18)16(12)9-11-4-6-13(19-2)7-5-11/h4-7,12H,3,8-10H2,1-2H3. The second-order valence-electron chi connectivity index (χ2n) is 4.72. The van der Waals surface area contributed by atoms with E-state index in [4.69, 9.17) is 14.2 Å². The highest BCUT2D eigenvalue weighted by Crippen LogP contribution is 2.20. The predicted octanol–water partition coefficient (Wildman–Crippen LogP) is 1.97. The lowest BCUT2D eigenvalue weighted by atomic mass is 10.1. The van der Waals surface area contributed by atoms with E-state index < -0.39 is 6.09 Å². The molecule has 21 heavy (non-hydrogen) atoms. The van der Waals surface area contributed by atoms with Crippen LogP contribution in [0.5, 0.6) is 5.75 Å². The van der Waals surface area contributed by atoms with Crippen molar-refractivity contribution >= 4 is 12.1 Å². The fourth-order valence-corrected chi connectivity index (χ4v) is 2.19. The largest absolute Gasteiger partial charge is 0.497 e. The van der Waals surface area contributed by atoms with Gasteiger partial charge in [-0.15, -0.1) is 0 Å². The second kappa shape index (κ2) is 6.97. The Balaban J connectivity index is 2.00. The van der Waals surface area contributed by atoms with Crippen molar-refractivity contribution in [2.75, 3.05) is 20.3 Å². The molecule has 0 N–H and O–H groups in total. The van der Waals surface area contributed by atoms with Crippen LogP contribution in [0.1, 0.15) is 18.9 Å². The molecule has 1 aliphatic heterocycles. The summed E-state index contributed by atoms with van der Waals surface area (Å²) in [5.41, 5.74) is 0.948. The highest BCUT2D eigenvalue weighted by atomic mass is 16.6. The first-order valence-corrected chi connectivity index (χ1v) is 6.86. The maximum Gasteiger partial charge on any atom is 0.410 e. The van der Waals surface area contributed by atoms with Crippen LogP contribution in [0.4, 0.5) is 4.79 Å². The Morgan fingerprint density at radius 3 is 2.71 bits per heavy atom. The van der Waals surface area contributed by atoms with Crippen LogP contribution in [0, 0.1) is 0 Å². The molecule has 0 aromatic heterocycles. The van der Waals surface area contributed by atoms with Crippen molar-refractivity contribution < 1.29 is 23.8 Å². The average molecular weight is 293 g/mol. The van der Waals surface area contributed by atoms with Gasteiger partial charge < -0.3 is 14.2 Å². The van der Waals surface area contributed by atoms with E-state index in [1.165, 1.54) is 0 Å². The van der Waals surface area contributed by atoms with E-state index in [-0.39, 0.29) is 25.0 Å². The van der Waals surface area contributed by atoms with Crippen LogP contribution >= 0.6 is 0 Å². The van der Waals surface area contributed by atoms with Crippen LogP contribution in [0.15, 0.2) is 24.3 Å². The van der Waals surface area contributed by atoms with Gasteiger partial charge in [-0.25, -0.2) is 4.79 Å². The molecule has 1 aliphatic rings. The van der Waals surface area contributed by atoms with E-state index in [0.29, 0.717) is 13.2 Å². The third-order valence-electron chi connectivity index (χ3n) is 3.29. The second-order valence-corrected chi connectivity index (χ2v) is 4.72. The Bertz CT molecular complexity index is 499. The molecule has 1 atom stereocenters. The topological polar surface area (TPSA) is 65.1 Å². The smallest absolute Gasteiger partial charge is 0.410 e. The van der Waals surface area contributed by atoms with Crippen LogP contribution in [0.25, 0.3) is 0 Å². The molecule has 1 saturated heterocycles. The maximum atomic E-state index is 11.8. The Hall–Kier alpha value is -2.24. The van der Waals surface area contributed by atoms with Crippen molar-refractivity contribution in [3.63, 3.8) is 0 Å². The van der Waals surface area contributed by atoms with Crippen LogP contribution in [0.3, 0.4) is 0 Å². The summed E-state index contributed by atoms with van der Waals surface area (Å²) in [7, 11) is 1.60. The predicted molar refractivity (Wildman–Crippen MR) is 74.9 cm³/mol. The highest BCUT2D eigenvalue weighted by Gasteiger charge is 2.34. The van der Waals surface area contributed by atoms with Crippen LogP contribution in [-0.4, -0.2) is 43.3 Å². The zero-order chi connectivity index (χ0) is 15.2. The molecule has 6 nitrogen and oxygen atoms in total. The zero-order valence-electron chi connectivity index (χ0n) is 12.2. The van der Waals surface area contributed by atoms with Gasteiger partial charge in [-0.1, -0.05) is 12.1 Å². The molecule has 2 rings (SSSR count). The third-order valence-corrected chi connectivity index (χ3v) is 3.29. The number of esters is 1. The molecule has 1 heterocycles. The summed E-state index contributed by atoms with van der Waals surface area (Å²) >= 11 is 0. The first-order valence-electron chi connectivity index (χ1n) is 6.86. The molecule has 1 fully saturated rings. The number of ether oxygens (including phenoxy) is 3. The minimum absolute atomic E-state index is 0.149. The molecule has 1 unspecified atom stereocenters. The van der Waals surface area contributed by atoms with E-state index in [1.54, 1.807) is 18.9 Å². The van der Waals surface area contributed by atoms with Crippen molar-refractivity contribution in [2.24, 2.45) is 0 Å². The average Bonchev–Trinajstić information content (AvgIpc) is 2.81. The van der Waals surface area contributed by atoms with Gasteiger partial charge in [0.05, 0.1) is 26.2 Å². The van der Waals surface area contributed by atoms with Crippen molar-refractivity contribution in [2.45, 2.75) is 25.9 Å².